The molecule has 2 aromatic carbocycles. The summed E-state index contributed by atoms with van der Waals surface area (Å²) in [4.78, 5) is 37.9. The van der Waals surface area contributed by atoms with E-state index in [0.29, 0.717) is 29.2 Å². The molecule has 1 aliphatic rings. The number of hydrogen-bond acceptors (Lipinski definition) is 6. The van der Waals surface area contributed by atoms with Crippen LogP contribution in [0.3, 0.4) is 0 Å². The van der Waals surface area contributed by atoms with Crippen molar-refractivity contribution in [2.24, 2.45) is 0 Å². The number of halogens is 1. The summed E-state index contributed by atoms with van der Waals surface area (Å²) in [7, 11) is 0. The summed E-state index contributed by atoms with van der Waals surface area (Å²) in [5, 5.41) is 22.7. The molecule has 1 heterocycles. The number of carbonyl (C=O) groups excluding carboxylic acids is 2. The molecule has 0 saturated carbocycles. The highest BCUT2D eigenvalue weighted by atomic mass is 35.5. The zero-order chi connectivity index (χ0) is 23.4. The van der Waals surface area contributed by atoms with Crippen molar-refractivity contribution in [1.29, 1.82) is 0 Å². The maximum atomic E-state index is 12.9. The third-order valence-electron chi connectivity index (χ3n) is 5.05. The van der Waals surface area contributed by atoms with E-state index >= 15 is 0 Å². The third kappa shape index (κ3) is 4.98. The van der Waals surface area contributed by atoms with Crippen LogP contribution in [0.4, 0.5) is 5.69 Å². The number of Topliss-reactive ketones (excluding diaryl/α,β-unsaturated/α-hetero) is 1. The van der Waals surface area contributed by atoms with Gasteiger partial charge in [0.15, 0.2) is 0 Å². The molecule has 1 N–H and O–H groups in total. The van der Waals surface area contributed by atoms with E-state index in [9.17, 15) is 24.8 Å². The van der Waals surface area contributed by atoms with Gasteiger partial charge in [0.25, 0.3) is 17.4 Å². The second-order valence-electron chi connectivity index (χ2n) is 7.62. The Balaban J connectivity index is 2.07. The standard InChI is InChI=1S/C23H23ClN2O6/c1-14(2)32-12-4-11-25-20(16-5-3-6-18(13-16)26(30)31)19(22(28)23(25)29)21(27)15-7-9-17(24)10-8-15/h3,5-10,13-14,20,27H,4,11-12H2,1-2H3/t20-/m0/s1. The average Bonchev–Trinajstić information content (AvgIpc) is 3.01. The first-order valence-electron chi connectivity index (χ1n) is 10.1. The molecule has 1 atom stereocenters. The second-order valence-corrected chi connectivity index (χ2v) is 8.06. The lowest BCUT2D eigenvalue weighted by Gasteiger charge is -2.25. The summed E-state index contributed by atoms with van der Waals surface area (Å²) in [6.45, 7) is 4.34. The number of nitrogens with zero attached hydrogens (tertiary/aromatic N) is 2. The normalized spacial score (nSPS) is 17.9. The van der Waals surface area contributed by atoms with Crippen molar-refractivity contribution in [3.05, 3.63) is 80.4 Å². The number of rotatable bonds is 8. The topological polar surface area (TPSA) is 110 Å². The number of amides is 1. The third-order valence-corrected chi connectivity index (χ3v) is 5.30. The monoisotopic (exact) mass is 458 g/mol. The molecule has 0 unspecified atom stereocenters. The fourth-order valence-electron chi connectivity index (χ4n) is 3.58. The molecule has 8 nitrogen and oxygen atoms in total. The first-order valence-corrected chi connectivity index (χ1v) is 10.5. The predicted molar refractivity (Wildman–Crippen MR) is 119 cm³/mol. The molecule has 0 radical (unpaired) electrons. The van der Waals surface area contributed by atoms with Gasteiger partial charge in [0, 0.05) is 35.9 Å². The molecule has 3 rings (SSSR count). The van der Waals surface area contributed by atoms with E-state index in [1.165, 1.54) is 35.2 Å². The largest absolute Gasteiger partial charge is 0.507 e. The maximum Gasteiger partial charge on any atom is 0.295 e. The minimum Gasteiger partial charge on any atom is -0.507 e. The van der Waals surface area contributed by atoms with Gasteiger partial charge in [0.05, 0.1) is 22.6 Å². The summed E-state index contributed by atoms with van der Waals surface area (Å²) in [6, 6.07) is 10.9. The van der Waals surface area contributed by atoms with Gasteiger partial charge in [-0.15, -0.1) is 0 Å². The number of non-ortho nitro benzene ring substituents is 1. The van der Waals surface area contributed by atoms with Crippen molar-refractivity contribution in [2.75, 3.05) is 13.2 Å². The van der Waals surface area contributed by atoms with Gasteiger partial charge < -0.3 is 14.7 Å². The van der Waals surface area contributed by atoms with Gasteiger partial charge in [0.1, 0.15) is 5.76 Å². The van der Waals surface area contributed by atoms with E-state index in [1.54, 1.807) is 18.2 Å². The van der Waals surface area contributed by atoms with Crippen LogP contribution in [0.1, 0.15) is 37.4 Å². The summed E-state index contributed by atoms with van der Waals surface area (Å²) in [6.07, 6.45) is 0.473. The number of aliphatic hydroxyl groups is 1. The first-order chi connectivity index (χ1) is 15.2. The number of benzene rings is 2. The fourth-order valence-corrected chi connectivity index (χ4v) is 3.71. The van der Waals surface area contributed by atoms with Gasteiger partial charge in [-0.25, -0.2) is 0 Å². The van der Waals surface area contributed by atoms with Crippen molar-refractivity contribution < 1.29 is 24.4 Å². The van der Waals surface area contributed by atoms with Crippen molar-refractivity contribution in [3.63, 3.8) is 0 Å². The number of aliphatic hydroxyl groups excluding tert-OH is 1. The van der Waals surface area contributed by atoms with Gasteiger partial charge in [-0.1, -0.05) is 23.7 Å². The van der Waals surface area contributed by atoms with Crippen LogP contribution in [0.25, 0.3) is 5.76 Å². The van der Waals surface area contributed by atoms with Crippen molar-refractivity contribution in [2.45, 2.75) is 32.4 Å². The number of ketones is 1. The molecule has 1 fully saturated rings. The highest BCUT2D eigenvalue weighted by Gasteiger charge is 2.46. The van der Waals surface area contributed by atoms with Crippen LogP contribution in [-0.4, -0.2) is 45.9 Å². The zero-order valence-corrected chi connectivity index (χ0v) is 18.4. The molecule has 0 spiro atoms. The first kappa shape index (κ1) is 23.4. The molecular formula is C23H23ClN2O6. The molecular weight excluding hydrogens is 436 g/mol. The van der Waals surface area contributed by atoms with E-state index in [4.69, 9.17) is 16.3 Å². The Morgan fingerprint density at radius 2 is 1.91 bits per heavy atom. The van der Waals surface area contributed by atoms with Gasteiger partial charge in [-0.05, 0) is 50.1 Å². The van der Waals surface area contributed by atoms with E-state index in [-0.39, 0.29) is 29.7 Å². The number of nitro groups is 1. The molecule has 168 valence electrons. The fraction of sp³-hybridized carbons (Fsp3) is 0.304. The number of carbonyl (C=O) groups is 2. The van der Waals surface area contributed by atoms with E-state index in [2.05, 4.69) is 0 Å². The Kier molecular flexibility index (Phi) is 7.27. The molecule has 1 saturated heterocycles. The number of likely N-dealkylation sites (tertiary alicyclic amines) is 1. The van der Waals surface area contributed by atoms with Crippen molar-refractivity contribution in [1.82, 2.24) is 4.90 Å². The van der Waals surface area contributed by atoms with Crippen molar-refractivity contribution >= 4 is 34.7 Å². The van der Waals surface area contributed by atoms with Crippen molar-refractivity contribution in [3.8, 4) is 0 Å². The number of ether oxygens (including phenoxy) is 1. The smallest absolute Gasteiger partial charge is 0.295 e. The molecule has 1 amide bonds. The molecule has 2 aromatic rings. The van der Waals surface area contributed by atoms with Crippen LogP contribution >= 0.6 is 11.6 Å². The predicted octanol–water partition coefficient (Wildman–Crippen LogP) is 4.49. The molecule has 32 heavy (non-hydrogen) atoms. The minimum atomic E-state index is -0.968. The Bertz CT molecular complexity index is 1060. The highest BCUT2D eigenvalue weighted by Crippen LogP contribution is 2.40. The summed E-state index contributed by atoms with van der Waals surface area (Å²) in [5.74, 6) is -1.99. The van der Waals surface area contributed by atoms with E-state index < -0.39 is 22.7 Å². The average molecular weight is 459 g/mol. The summed E-state index contributed by atoms with van der Waals surface area (Å²) in [5.41, 5.74) is 0.370. The van der Waals surface area contributed by atoms with Gasteiger partial charge in [-0.3, -0.25) is 19.7 Å². The molecule has 0 bridgehead atoms. The lowest BCUT2D eigenvalue weighted by molar-refractivity contribution is -0.384. The molecule has 1 aliphatic heterocycles. The highest BCUT2D eigenvalue weighted by molar-refractivity contribution is 6.46. The summed E-state index contributed by atoms with van der Waals surface area (Å²) < 4.78 is 5.52. The minimum absolute atomic E-state index is 0.0166. The SMILES string of the molecule is CC(C)OCCCN1C(=O)C(=O)C(=C(O)c2ccc(Cl)cc2)[C@@H]1c1cccc([N+](=O)[O-])c1. The quantitative estimate of drug-likeness (QED) is 0.156. The maximum absolute atomic E-state index is 12.9. The second kappa shape index (κ2) is 9.93. The van der Waals surface area contributed by atoms with Crippen LogP contribution < -0.4 is 0 Å². The zero-order valence-electron chi connectivity index (χ0n) is 17.7. The van der Waals surface area contributed by atoms with E-state index in [0.717, 1.165) is 0 Å². The van der Waals surface area contributed by atoms with Gasteiger partial charge >= 0.3 is 0 Å². The van der Waals surface area contributed by atoms with Crippen LogP contribution in [0.5, 0.6) is 0 Å². The lowest BCUT2D eigenvalue weighted by atomic mass is 9.95. The Labute approximate surface area is 190 Å². The molecule has 0 aliphatic carbocycles. The van der Waals surface area contributed by atoms with Gasteiger partial charge in [0.2, 0.25) is 0 Å². The number of hydrogen-bond donors (Lipinski definition) is 1. The van der Waals surface area contributed by atoms with E-state index in [1.807, 2.05) is 13.8 Å². The Morgan fingerprint density at radius 1 is 1.22 bits per heavy atom. The summed E-state index contributed by atoms with van der Waals surface area (Å²) >= 11 is 5.91. The Morgan fingerprint density at radius 3 is 2.53 bits per heavy atom. The number of nitro benzene ring substituents is 1. The molecule has 9 heteroatoms. The van der Waals surface area contributed by atoms with Crippen LogP contribution in [0, 0.1) is 10.1 Å². The van der Waals surface area contributed by atoms with Gasteiger partial charge in [-0.2, -0.15) is 0 Å². The van der Waals surface area contributed by atoms with Crippen LogP contribution in [0.15, 0.2) is 54.1 Å². The van der Waals surface area contributed by atoms with Crippen LogP contribution in [0.2, 0.25) is 5.02 Å². The van der Waals surface area contributed by atoms with Crippen LogP contribution in [-0.2, 0) is 14.3 Å². The molecule has 0 aromatic heterocycles. The lowest BCUT2D eigenvalue weighted by Crippen LogP contribution is -2.31. The Hall–Kier alpha value is -3.23.